The van der Waals surface area contributed by atoms with Gasteiger partial charge in [0, 0.05) is 24.9 Å². The standard InChI is InChI=1S/C22H22FN3O3/c1-28-18-9-5-6-16(14-18)10-11-19(27)26-13-12-22(23,15-26)21-24-20(29-25-21)17-7-3-2-4-8-17/h2-9,14H,10-13,15H2,1H3. The lowest BCUT2D eigenvalue weighted by molar-refractivity contribution is -0.130. The predicted octanol–water partition coefficient (Wildman–Crippen LogP) is 3.78. The fourth-order valence-electron chi connectivity index (χ4n) is 3.51. The first-order valence-electron chi connectivity index (χ1n) is 9.57. The first-order chi connectivity index (χ1) is 14.1. The summed E-state index contributed by atoms with van der Waals surface area (Å²) in [5.41, 5.74) is -0.0459. The van der Waals surface area contributed by atoms with Crippen LogP contribution in [0.2, 0.25) is 0 Å². The number of aryl methyl sites for hydroxylation is 1. The number of likely N-dealkylation sites (tertiary alicyclic amines) is 1. The summed E-state index contributed by atoms with van der Waals surface area (Å²) in [4.78, 5) is 18.4. The van der Waals surface area contributed by atoms with Crippen LogP contribution < -0.4 is 4.74 Å². The van der Waals surface area contributed by atoms with Gasteiger partial charge in [-0.2, -0.15) is 4.98 Å². The second-order valence-corrected chi connectivity index (χ2v) is 7.17. The lowest BCUT2D eigenvalue weighted by Crippen LogP contribution is -2.32. The van der Waals surface area contributed by atoms with Crippen LogP contribution in [0.15, 0.2) is 59.1 Å². The fourth-order valence-corrected chi connectivity index (χ4v) is 3.51. The van der Waals surface area contributed by atoms with Crippen LogP contribution in [0, 0.1) is 0 Å². The number of hydrogen-bond donors (Lipinski definition) is 0. The number of nitrogens with zero attached hydrogens (tertiary/aromatic N) is 3. The third kappa shape index (κ3) is 4.13. The van der Waals surface area contributed by atoms with Gasteiger partial charge in [-0.25, -0.2) is 4.39 Å². The quantitative estimate of drug-likeness (QED) is 0.635. The molecule has 1 amide bonds. The van der Waals surface area contributed by atoms with Crippen molar-refractivity contribution in [2.24, 2.45) is 0 Å². The van der Waals surface area contributed by atoms with E-state index in [1.165, 1.54) is 0 Å². The largest absolute Gasteiger partial charge is 0.497 e. The number of aromatic nitrogens is 2. The van der Waals surface area contributed by atoms with E-state index in [4.69, 9.17) is 9.26 Å². The molecule has 1 aromatic heterocycles. The Morgan fingerprint density at radius 1 is 1.24 bits per heavy atom. The van der Waals surface area contributed by atoms with E-state index in [1.54, 1.807) is 12.0 Å². The maximum Gasteiger partial charge on any atom is 0.258 e. The summed E-state index contributed by atoms with van der Waals surface area (Å²) in [6, 6.07) is 16.8. The Bertz CT molecular complexity index is 992. The second kappa shape index (κ2) is 8.03. The zero-order chi connectivity index (χ0) is 20.3. The third-order valence-corrected chi connectivity index (χ3v) is 5.18. The van der Waals surface area contributed by atoms with Crippen LogP contribution in [0.4, 0.5) is 4.39 Å². The van der Waals surface area contributed by atoms with Crippen LogP contribution in [0.3, 0.4) is 0 Å². The number of carbonyl (C=O) groups excluding carboxylic acids is 1. The predicted molar refractivity (Wildman–Crippen MR) is 105 cm³/mol. The molecule has 0 spiro atoms. The molecule has 0 N–H and O–H groups in total. The highest BCUT2D eigenvalue weighted by Crippen LogP contribution is 2.35. The number of amides is 1. The highest BCUT2D eigenvalue weighted by Gasteiger charge is 2.45. The second-order valence-electron chi connectivity index (χ2n) is 7.17. The molecule has 6 nitrogen and oxygen atoms in total. The van der Waals surface area contributed by atoms with Crippen LogP contribution in [0.25, 0.3) is 11.5 Å². The van der Waals surface area contributed by atoms with Gasteiger partial charge in [0.1, 0.15) is 5.75 Å². The van der Waals surface area contributed by atoms with Gasteiger partial charge in [-0.3, -0.25) is 4.79 Å². The molecular weight excluding hydrogens is 373 g/mol. The fraction of sp³-hybridized carbons (Fsp3) is 0.318. The van der Waals surface area contributed by atoms with Gasteiger partial charge in [0.25, 0.3) is 5.89 Å². The van der Waals surface area contributed by atoms with Crippen molar-refractivity contribution in [1.82, 2.24) is 15.0 Å². The SMILES string of the molecule is COc1cccc(CCC(=O)N2CCC(F)(c3noc(-c4ccccc4)n3)C2)c1. The molecule has 1 aliphatic heterocycles. The number of rotatable bonds is 6. The molecule has 1 aliphatic rings. The van der Waals surface area contributed by atoms with E-state index in [0.717, 1.165) is 16.9 Å². The third-order valence-electron chi connectivity index (χ3n) is 5.18. The molecule has 0 aliphatic carbocycles. The molecule has 0 radical (unpaired) electrons. The van der Waals surface area contributed by atoms with Crippen molar-refractivity contribution < 1.29 is 18.4 Å². The van der Waals surface area contributed by atoms with Gasteiger partial charge in [-0.15, -0.1) is 0 Å². The smallest absolute Gasteiger partial charge is 0.258 e. The van der Waals surface area contributed by atoms with E-state index in [1.807, 2.05) is 54.6 Å². The lowest BCUT2D eigenvalue weighted by atomic mass is 10.1. The minimum absolute atomic E-state index is 0.000510. The molecule has 7 heteroatoms. The van der Waals surface area contributed by atoms with Gasteiger partial charge in [-0.05, 0) is 36.2 Å². The van der Waals surface area contributed by atoms with Crippen molar-refractivity contribution >= 4 is 5.91 Å². The first kappa shape index (κ1) is 19.1. The Labute approximate surface area is 168 Å². The van der Waals surface area contributed by atoms with Crippen molar-refractivity contribution in [3.63, 3.8) is 0 Å². The van der Waals surface area contributed by atoms with Crippen molar-refractivity contribution in [3.8, 4) is 17.2 Å². The number of halogens is 1. The molecule has 150 valence electrons. The minimum Gasteiger partial charge on any atom is -0.497 e. The molecule has 1 unspecified atom stereocenters. The number of benzene rings is 2. The Morgan fingerprint density at radius 3 is 2.86 bits per heavy atom. The highest BCUT2D eigenvalue weighted by atomic mass is 19.1. The molecule has 4 rings (SSSR count). The average Bonchev–Trinajstić information content (AvgIpc) is 3.41. The zero-order valence-corrected chi connectivity index (χ0v) is 16.2. The van der Waals surface area contributed by atoms with Crippen molar-refractivity contribution in [3.05, 3.63) is 66.0 Å². The van der Waals surface area contributed by atoms with Gasteiger partial charge in [-0.1, -0.05) is 35.5 Å². The summed E-state index contributed by atoms with van der Waals surface area (Å²) in [6.07, 6.45) is 1.04. The lowest BCUT2D eigenvalue weighted by Gasteiger charge is -2.18. The van der Waals surface area contributed by atoms with Gasteiger partial charge >= 0.3 is 0 Å². The van der Waals surface area contributed by atoms with E-state index in [0.29, 0.717) is 19.4 Å². The normalized spacial score (nSPS) is 18.8. The van der Waals surface area contributed by atoms with Crippen LogP contribution in [0.1, 0.15) is 24.2 Å². The van der Waals surface area contributed by atoms with E-state index < -0.39 is 5.67 Å². The summed E-state index contributed by atoms with van der Waals surface area (Å²) < 4.78 is 25.9. The maximum atomic E-state index is 15.5. The van der Waals surface area contributed by atoms with Crippen molar-refractivity contribution in [1.29, 1.82) is 0 Å². The van der Waals surface area contributed by atoms with Gasteiger partial charge in [0.2, 0.25) is 11.7 Å². The molecule has 29 heavy (non-hydrogen) atoms. The number of alkyl halides is 1. The van der Waals surface area contributed by atoms with Crippen LogP contribution in [-0.2, 0) is 16.9 Å². The van der Waals surface area contributed by atoms with Gasteiger partial charge < -0.3 is 14.2 Å². The number of ether oxygens (including phenoxy) is 1. The van der Waals surface area contributed by atoms with Crippen LogP contribution in [-0.4, -0.2) is 41.1 Å². The monoisotopic (exact) mass is 395 g/mol. The Balaban J connectivity index is 1.39. The van der Waals surface area contributed by atoms with E-state index in [-0.39, 0.29) is 30.6 Å². The summed E-state index contributed by atoms with van der Waals surface area (Å²) in [6.45, 7) is 0.278. The summed E-state index contributed by atoms with van der Waals surface area (Å²) in [5, 5.41) is 3.84. The maximum absolute atomic E-state index is 15.5. The minimum atomic E-state index is -1.79. The summed E-state index contributed by atoms with van der Waals surface area (Å²) in [7, 11) is 1.61. The summed E-state index contributed by atoms with van der Waals surface area (Å²) >= 11 is 0. The molecule has 0 bridgehead atoms. The Hall–Kier alpha value is -3.22. The molecule has 1 saturated heterocycles. The van der Waals surface area contributed by atoms with E-state index in [9.17, 15) is 4.79 Å². The molecule has 2 heterocycles. The Morgan fingerprint density at radius 2 is 2.07 bits per heavy atom. The molecular formula is C22H22FN3O3. The highest BCUT2D eigenvalue weighted by molar-refractivity contribution is 5.77. The van der Waals surface area contributed by atoms with Gasteiger partial charge in [0.15, 0.2) is 5.67 Å². The number of hydrogen-bond acceptors (Lipinski definition) is 5. The molecule has 1 fully saturated rings. The van der Waals surface area contributed by atoms with Crippen LogP contribution in [0.5, 0.6) is 5.75 Å². The number of carbonyl (C=O) groups is 1. The van der Waals surface area contributed by atoms with Crippen molar-refractivity contribution in [2.45, 2.75) is 24.9 Å². The summed E-state index contributed by atoms with van der Waals surface area (Å²) in [5.74, 6) is 0.948. The molecule has 3 aromatic rings. The zero-order valence-electron chi connectivity index (χ0n) is 16.2. The van der Waals surface area contributed by atoms with Crippen molar-refractivity contribution in [2.75, 3.05) is 20.2 Å². The van der Waals surface area contributed by atoms with E-state index in [2.05, 4.69) is 10.1 Å². The first-order valence-corrected chi connectivity index (χ1v) is 9.57. The molecule has 0 saturated carbocycles. The molecule has 2 aromatic carbocycles. The van der Waals surface area contributed by atoms with Gasteiger partial charge in [0.05, 0.1) is 13.7 Å². The average molecular weight is 395 g/mol. The molecule has 1 atom stereocenters. The Kier molecular flexibility index (Phi) is 5.29. The van der Waals surface area contributed by atoms with Crippen LogP contribution >= 0.6 is 0 Å². The van der Waals surface area contributed by atoms with E-state index >= 15 is 4.39 Å². The topological polar surface area (TPSA) is 68.5 Å². The number of methoxy groups -OCH3 is 1.